The molecule has 0 atom stereocenters. The van der Waals surface area contributed by atoms with Gasteiger partial charge >= 0.3 is 68.3 Å². The molecule has 4 radical (unpaired) electrons. The van der Waals surface area contributed by atoms with Gasteiger partial charge < -0.3 is 38.3 Å². The first kappa shape index (κ1) is 551. The summed E-state index contributed by atoms with van der Waals surface area (Å²) in [6.07, 6.45) is 0. The number of rotatable bonds is 0. The van der Waals surface area contributed by atoms with E-state index in [1.54, 1.807) is 0 Å². The smallest absolute Gasteiger partial charge is 2.00 e. The molecule has 0 bridgehead atoms. The van der Waals surface area contributed by atoms with Gasteiger partial charge in [-0.25, -0.2) is 0 Å². The molecule has 0 aliphatic carbocycles. The molecular formula is H2Fe4O7. The molecule has 76 valence electrons. The van der Waals surface area contributed by atoms with Gasteiger partial charge in [0.2, 0.25) is 0 Å². The maximum absolute atomic E-state index is 0. The minimum atomic E-state index is 0. The molecule has 7 nitrogen and oxygen atoms in total. The molecule has 0 rings (SSSR count). The molecule has 0 aromatic carbocycles. The van der Waals surface area contributed by atoms with Crippen molar-refractivity contribution < 1.29 is 107 Å². The van der Waals surface area contributed by atoms with Crippen LogP contribution in [0, 0.1) is 0 Å². The molecule has 11 heavy (non-hydrogen) atoms. The molecule has 0 spiro atoms. The molecule has 0 aliphatic rings. The Bertz CT molecular complexity index is 10.4. The average molecular weight is 337 g/mol. The van der Waals surface area contributed by atoms with E-state index in [4.69, 9.17) is 0 Å². The van der Waals surface area contributed by atoms with Crippen molar-refractivity contribution in [3.8, 4) is 0 Å². The molecule has 11 heteroatoms. The fraction of sp³-hybridized carbons (Fsp3) is 0. The number of hydrogen-bond acceptors (Lipinski definition) is 0. The average Bonchev–Trinajstić information content (AvgIpc) is 0. The predicted molar refractivity (Wildman–Crippen MR) is 7.73 cm³/mol. The molecule has 0 saturated carbocycles. The molecule has 0 amide bonds. The van der Waals surface area contributed by atoms with Crippen LogP contribution in [0.25, 0.3) is 0 Å². The van der Waals surface area contributed by atoms with Gasteiger partial charge in [0.1, 0.15) is 0 Å². The molecule has 2 N–H and O–H groups in total. The third kappa shape index (κ3) is 350. The Labute approximate surface area is 106 Å². The zero-order valence-electron chi connectivity index (χ0n) is 4.36. The minimum Gasteiger partial charge on any atom is -2.00 e. The van der Waals surface area contributed by atoms with Gasteiger partial charge in [-0.3, -0.25) is 0 Å². The second-order valence-electron chi connectivity index (χ2n) is 0. The third-order valence-electron chi connectivity index (χ3n) is 0. The van der Waals surface area contributed by atoms with Gasteiger partial charge in [-0.15, -0.1) is 0 Å². The standard InChI is InChI=1S/4Fe.H2O.6O/h;;;;1H2;;;;;;/q4*+3;;6*-2. The Morgan fingerprint density at radius 2 is 0.273 bits per heavy atom. The van der Waals surface area contributed by atoms with Crippen molar-refractivity contribution in [2.45, 2.75) is 0 Å². The van der Waals surface area contributed by atoms with E-state index < -0.39 is 0 Å². The van der Waals surface area contributed by atoms with Crippen LogP contribution in [0.2, 0.25) is 0 Å². The molecule has 0 unspecified atom stereocenters. The normalized spacial score (nSPS) is 0. The van der Waals surface area contributed by atoms with Crippen molar-refractivity contribution in [2.24, 2.45) is 0 Å². The Kier molecular flexibility index (Phi) is 21300. The van der Waals surface area contributed by atoms with Crippen molar-refractivity contribution in [3.63, 3.8) is 0 Å². The molecule has 0 aromatic rings. The Morgan fingerprint density at radius 3 is 0.273 bits per heavy atom. The SMILES string of the molecule is O.[Fe+3].[Fe+3].[Fe+3].[Fe+3].[O-2].[O-2].[O-2].[O-2].[O-2].[O-2]. The fourth-order valence-electron chi connectivity index (χ4n) is 0. The topological polar surface area (TPSA) is 202 Å². The van der Waals surface area contributed by atoms with Crippen LogP contribution in [0.15, 0.2) is 0 Å². The van der Waals surface area contributed by atoms with E-state index in [0.717, 1.165) is 0 Å². The van der Waals surface area contributed by atoms with Crippen molar-refractivity contribution in [3.05, 3.63) is 0 Å². The van der Waals surface area contributed by atoms with E-state index >= 15 is 0 Å². The molecule has 0 heterocycles. The predicted octanol–water partition coefficient (Wildman–Crippen LogP) is -1.55. The first-order chi connectivity index (χ1) is 0. The van der Waals surface area contributed by atoms with Gasteiger partial charge in [0.25, 0.3) is 0 Å². The first-order valence-corrected chi connectivity index (χ1v) is 0. The van der Waals surface area contributed by atoms with Crippen molar-refractivity contribution in [2.75, 3.05) is 0 Å². The largest absolute Gasteiger partial charge is 3.00 e. The summed E-state index contributed by atoms with van der Waals surface area (Å²) in [6.45, 7) is 0. The summed E-state index contributed by atoms with van der Waals surface area (Å²) < 4.78 is 0. The zero-order chi connectivity index (χ0) is 0. The van der Waals surface area contributed by atoms with Crippen LogP contribution in [0.4, 0.5) is 0 Å². The molecular weight excluding hydrogens is 335 g/mol. The van der Waals surface area contributed by atoms with Crippen LogP contribution in [-0.4, -0.2) is 5.48 Å². The van der Waals surface area contributed by atoms with Gasteiger partial charge in [-0.2, -0.15) is 0 Å². The summed E-state index contributed by atoms with van der Waals surface area (Å²) in [5.74, 6) is 0. The van der Waals surface area contributed by atoms with Crippen LogP contribution in [-0.2, 0) is 101 Å². The first-order valence-electron chi connectivity index (χ1n) is 0. The van der Waals surface area contributed by atoms with E-state index in [-0.39, 0.29) is 107 Å². The zero-order valence-corrected chi connectivity index (χ0v) is 8.78. The molecule has 0 saturated heterocycles. The molecule has 0 aromatic heterocycles. The van der Waals surface area contributed by atoms with Crippen LogP contribution in [0.1, 0.15) is 0 Å². The van der Waals surface area contributed by atoms with Crippen LogP contribution < -0.4 is 0 Å². The molecule has 0 fully saturated rings. The quantitative estimate of drug-likeness (QED) is 0.461. The summed E-state index contributed by atoms with van der Waals surface area (Å²) in [4.78, 5) is 0. The summed E-state index contributed by atoms with van der Waals surface area (Å²) in [6, 6.07) is 0. The Morgan fingerprint density at radius 1 is 0.273 bits per heavy atom. The Balaban J connectivity index is 0. The maximum Gasteiger partial charge on any atom is 3.00 e. The second-order valence-corrected chi connectivity index (χ2v) is 0. The monoisotopic (exact) mass is 338 g/mol. The van der Waals surface area contributed by atoms with E-state index in [0.29, 0.717) is 0 Å². The number of hydrogen-bond donors (Lipinski definition) is 0. The minimum absolute atomic E-state index is 0. The van der Waals surface area contributed by atoms with Gasteiger partial charge in [-0.05, 0) is 0 Å². The van der Waals surface area contributed by atoms with Crippen LogP contribution in [0.3, 0.4) is 0 Å². The van der Waals surface area contributed by atoms with E-state index in [1.807, 2.05) is 0 Å². The Hall–Kier alpha value is 1.80. The van der Waals surface area contributed by atoms with Gasteiger partial charge in [0, 0.05) is 0 Å². The molecule has 0 aliphatic heterocycles. The van der Waals surface area contributed by atoms with Gasteiger partial charge in [0.15, 0.2) is 0 Å². The van der Waals surface area contributed by atoms with Gasteiger partial charge in [-0.1, -0.05) is 0 Å². The van der Waals surface area contributed by atoms with Crippen LogP contribution >= 0.6 is 0 Å². The van der Waals surface area contributed by atoms with Gasteiger partial charge in [0.05, 0.1) is 0 Å². The van der Waals surface area contributed by atoms with Crippen LogP contribution in [0.5, 0.6) is 0 Å². The fourth-order valence-corrected chi connectivity index (χ4v) is 0. The van der Waals surface area contributed by atoms with E-state index in [9.17, 15) is 0 Å². The summed E-state index contributed by atoms with van der Waals surface area (Å²) in [7, 11) is 0. The second kappa shape index (κ2) is 426. The summed E-state index contributed by atoms with van der Waals surface area (Å²) >= 11 is 0. The van der Waals surface area contributed by atoms with Crippen molar-refractivity contribution in [1.82, 2.24) is 0 Å². The maximum atomic E-state index is 0. The van der Waals surface area contributed by atoms with E-state index in [2.05, 4.69) is 0 Å². The van der Waals surface area contributed by atoms with Crippen molar-refractivity contribution in [1.29, 1.82) is 0 Å². The third-order valence-corrected chi connectivity index (χ3v) is 0. The summed E-state index contributed by atoms with van der Waals surface area (Å²) in [5, 5.41) is 0. The van der Waals surface area contributed by atoms with E-state index in [1.165, 1.54) is 0 Å². The summed E-state index contributed by atoms with van der Waals surface area (Å²) in [5.41, 5.74) is 0. The van der Waals surface area contributed by atoms with Crippen molar-refractivity contribution >= 4 is 0 Å².